The van der Waals surface area contributed by atoms with E-state index in [1.807, 2.05) is 19.0 Å². The van der Waals surface area contributed by atoms with Crippen LogP contribution >= 0.6 is 0 Å². The van der Waals surface area contributed by atoms with Gasteiger partial charge < -0.3 is 35.8 Å². The molecule has 0 spiro atoms. The number of dihydropyridines is 1. The minimum atomic E-state index is -0.358. The third-order valence-corrected chi connectivity index (χ3v) is 9.89. The van der Waals surface area contributed by atoms with Crippen LogP contribution in [0.15, 0.2) is 52.9 Å². The van der Waals surface area contributed by atoms with Crippen molar-refractivity contribution in [3.63, 3.8) is 0 Å². The second-order valence-corrected chi connectivity index (χ2v) is 13.3. The van der Waals surface area contributed by atoms with Gasteiger partial charge in [-0.25, -0.2) is 0 Å². The molecule has 5 aliphatic heterocycles. The first-order valence-electron chi connectivity index (χ1n) is 14.7. The number of likely N-dealkylation sites (N-methyl/N-ethyl adjacent to an activating group) is 2. The van der Waals surface area contributed by atoms with Gasteiger partial charge in [-0.3, -0.25) is 9.79 Å². The maximum absolute atomic E-state index is 12.0. The van der Waals surface area contributed by atoms with E-state index in [9.17, 15) is 4.79 Å². The number of ether oxygens (including phenoxy) is 1. The van der Waals surface area contributed by atoms with E-state index in [4.69, 9.17) is 9.73 Å². The zero-order valence-electron chi connectivity index (χ0n) is 24.8. The number of aliphatic imine (C=N–C) groups is 1. The number of carbonyl (C=O) groups excluding carboxylic acids is 1. The van der Waals surface area contributed by atoms with Crippen LogP contribution in [0.3, 0.4) is 0 Å². The fourth-order valence-corrected chi connectivity index (χ4v) is 7.65. The SMILES string of the molecule is CNCC1=CCC=C(N2[C@H]3CC(C)(C)OC[C@@]3(C)C3CN=C(Nc4ccc([C@@H]5CC(=O)N(C)C5)cc4)NC32C)N1. The van der Waals surface area contributed by atoms with Gasteiger partial charge in [0, 0.05) is 61.2 Å². The topological polar surface area (TPSA) is 93.3 Å². The van der Waals surface area contributed by atoms with Crippen molar-refractivity contribution in [2.75, 3.05) is 45.7 Å². The molecule has 0 radical (unpaired) electrons. The first-order chi connectivity index (χ1) is 19.0. The molecule has 0 aliphatic carbocycles. The fourth-order valence-electron chi connectivity index (χ4n) is 7.65. The highest BCUT2D eigenvalue weighted by molar-refractivity contribution is 5.94. The van der Waals surface area contributed by atoms with Crippen molar-refractivity contribution in [1.82, 2.24) is 25.8 Å². The molecule has 9 nitrogen and oxygen atoms in total. The van der Waals surface area contributed by atoms with Crippen LogP contribution < -0.4 is 21.3 Å². The van der Waals surface area contributed by atoms with E-state index in [1.54, 1.807) is 0 Å². The lowest BCUT2D eigenvalue weighted by Crippen LogP contribution is -2.64. The molecule has 5 atom stereocenters. The number of anilines is 1. The minimum Gasteiger partial charge on any atom is -0.375 e. The zero-order valence-corrected chi connectivity index (χ0v) is 24.8. The summed E-state index contributed by atoms with van der Waals surface area (Å²) < 4.78 is 6.46. The summed E-state index contributed by atoms with van der Waals surface area (Å²) in [6.45, 7) is 12.2. The molecule has 5 aliphatic rings. The molecule has 3 saturated heterocycles. The summed E-state index contributed by atoms with van der Waals surface area (Å²) in [5.41, 5.74) is 2.80. The van der Waals surface area contributed by atoms with Crippen molar-refractivity contribution in [3.8, 4) is 0 Å². The lowest BCUT2D eigenvalue weighted by molar-refractivity contribution is -0.133. The van der Waals surface area contributed by atoms with Gasteiger partial charge in [-0.15, -0.1) is 0 Å². The number of likely N-dealkylation sites (tertiary alicyclic amines) is 2. The first kappa shape index (κ1) is 27.1. The summed E-state index contributed by atoms with van der Waals surface area (Å²) in [4.78, 5) is 21.5. The smallest absolute Gasteiger partial charge is 0.223 e. The third kappa shape index (κ3) is 4.57. The van der Waals surface area contributed by atoms with Crippen molar-refractivity contribution in [2.24, 2.45) is 16.3 Å². The molecule has 1 aromatic carbocycles. The number of carbonyl (C=O) groups is 1. The van der Waals surface area contributed by atoms with Gasteiger partial charge in [0.05, 0.1) is 18.8 Å². The molecule has 1 amide bonds. The molecule has 2 unspecified atom stereocenters. The second kappa shape index (κ2) is 9.80. The number of fused-ring (bicyclic) bond motifs is 3. The number of guanidine groups is 1. The highest BCUT2D eigenvalue weighted by Gasteiger charge is 2.66. The molecular weight excluding hydrogens is 502 g/mol. The maximum atomic E-state index is 12.0. The number of rotatable bonds is 5. The maximum Gasteiger partial charge on any atom is 0.223 e. The van der Waals surface area contributed by atoms with Crippen molar-refractivity contribution >= 4 is 17.6 Å². The average Bonchev–Trinajstić information content (AvgIpc) is 3.34. The first-order valence-corrected chi connectivity index (χ1v) is 14.7. The summed E-state index contributed by atoms with van der Waals surface area (Å²) in [7, 11) is 3.87. The highest BCUT2D eigenvalue weighted by Crippen LogP contribution is 2.57. The van der Waals surface area contributed by atoms with E-state index in [0.29, 0.717) is 19.1 Å². The average molecular weight is 548 g/mol. The van der Waals surface area contributed by atoms with Crippen LogP contribution in [0.4, 0.5) is 5.69 Å². The molecule has 4 N–H and O–H groups in total. The lowest BCUT2D eigenvalue weighted by atomic mass is 9.68. The van der Waals surface area contributed by atoms with Gasteiger partial charge in [-0.05, 0) is 64.4 Å². The van der Waals surface area contributed by atoms with Gasteiger partial charge in [0.2, 0.25) is 5.91 Å². The zero-order chi connectivity index (χ0) is 28.3. The Balaban J connectivity index is 1.26. The van der Waals surface area contributed by atoms with Crippen LogP contribution in [0.1, 0.15) is 58.4 Å². The van der Waals surface area contributed by atoms with Gasteiger partial charge in [-0.1, -0.05) is 25.1 Å². The molecule has 0 saturated carbocycles. The van der Waals surface area contributed by atoms with Crippen molar-refractivity contribution in [1.29, 1.82) is 0 Å². The van der Waals surface area contributed by atoms with Crippen LogP contribution in [0.2, 0.25) is 0 Å². The summed E-state index contributed by atoms with van der Waals surface area (Å²) in [6.07, 6.45) is 7.02. The van der Waals surface area contributed by atoms with Gasteiger partial charge in [0.1, 0.15) is 11.5 Å². The van der Waals surface area contributed by atoms with Crippen LogP contribution in [-0.4, -0.2) is 79.3 Å². The standard InChI is InChI=1S/C31H45N7O2/c1-29(2)15-25-30(3,19-40-29)24-17-33-28(35-22-12-10-20(11-13-22)21-14-27(39)37(6)18-21)36-31(24,4)38(25)26-9-7-8-23(34-26)16-32-5/h8-13,21,24-25,32,34H,7,14-19H2,1-6H3,(H2,33,35,36)/t21-,24?,25+,30+,31?/m1/s1. The molecule has 216 valence electrons. The fraction of sp³-hybridized carbons (Fsp3) is 0.613. The summed E-state index contributed by atoms with van der Waals surface area (Å²) in [5.74, 6) is 2.71. The minimum absolute atomic E-state index is 0.0489. The van der Waals surface area contributed by atoms with Gasteiger partial charge >= 0.3 is 0 Å². The molecule has 0 bridgehead atoms. The molecule has 9 heteroatoms. The van der Waals surface area contributed by atoms with E-state index in [1.165, 1.54) is 17.1 Å². The summed E-state index contributed by atoms with van der Waals surface area (Å²) >= 11 is 0. The Bertz CT molecular complexity index is 1250. The van der Waals surface area contributed by atoms with E-state index in [0.717, 1.165) is 44.1 Å². The Morgan fingerprint density at radius 3 is 2.62 bits per heavy atom. The van der Waals surface area contributed by atoms with Gasteiger partial charge in [0.15, 0.2) is 5.96 Å². The molecule has 40 heavy (non-hydrogen) atoms. The molecule has 1 aromatic rings. The second-order valence-electron chi connectivity index (χ2n) is 13.3. The van der Waals surface area contributed by atoms with Crippen LogP contribution in [0, 0.1) is 11.3 Å². The van der Waals surface area contributed by atoms with E-state index in [-0.39, 0.29) is 34.4 Å². The Morgan fingerprint density at radius 2 is 1.93 bits per heavy atom. The molecule has 6 rings (SSSR count). The van der Waals surface area contributed by atoms with Gasteiger partial charge in [-0.2, -0.15) is 0 Å². The van der Waals surface area contributed by atoms with Crippen LogP contribution in [0.5, 0.6) is 0 Å². The number of nitrogens with one attached hydrogen (secondary N) is 4. The highest BCUT2D eigenvalue weighted by atomic mass is 16.5. The van der Waals surface area contributed by atoms with E-state index >= 15 is 0 Å². The summed E-state index contributed by atoms with van der Waals surface area (Å²) in [5, 5.41) is 14.5. The number of nitrogens with zero attached hydrogens (tertiary/aromatic N) is 3. The number of hydrogen-bond acceptors (Lipinski definition) is 8. The largest absolute Gasteiger partial charge is 0.375 e. The van der Waals surface area contributed by atoms with E-state index < -0.39 is 0 Å². The summed E-state index contributed by atoms with van der Waals surface area (Å²) in [6, 6.07) is 8.77. The van der Waals surface area contributed by atoms with Crippen molar-refractivity contribution < 1.29 is 9.53 Å². The van der Waals surface area contributed by atoms with Crippen LogP contribution in [-0.2, 0) is 9.53 Å². The number of allylic oxidation sites excluding steroid dienone is 2. The van der Waals surface area contributed by atoms with Crippen molar-refractivity contribution in [2.45, 2.75) is 70.2 Å². The Kier molecular flexibility index (Phi) is 6.65. The van der Waals surface area contributed by atoms with E-state index in [2.05, 4.69) is 90.3 Å². The van der Waals surface area contributed by atoms with Gasteiger partial charge in [0.25, 0.3) is 0 Å². The predicted molar refractivity (Wildman–Crippen MR) is 159 cm³/mol. The molecular formula is C31H45N7O2. The monoisotopic (exact) mass is 547 g/mol. The van der Waals surface area contributed by atoms with Crippen LogP contribution in [0.25, 0.3) is 0 Å². The Labute approximate surface area is 238 Å². The Morgan fingerprint density at radius 1 is 1.15 bits per heavy atom. The van der Waals surface area contributed by atoms with Crippen molar-refractivity contribution in [3.05, 3.63) is 53.5 Å². The number of amides is 1. The number of benzene rings is 1. The Hall–Kier alpha value is -3.04. The lowest BCUT2D eigenvalue weighted by Gasteiger charge is -2.48. The number of hydrogen-bond donors (Lipinski definition) is 4. The molecule has 5 heterocycles. The molecule has 3 fully saturated rings. The normalized spacial score (nSPS) is 34.7. The quantitative estimate of drug-likeness (QED) is 0.450. The third-order valence-electron chi connectivity index (χ3n) is 9.89. The predicted octanol–water partition coefficient (Wildman–Crippen LogP) is 3.16. The molecule has 0 aromatic heterocycles.